The molecular formula is C21H35IN4. The van der Waals surface area contributed by atoms with Crippen LogP contribution in [0.2, 0.25) is 0 Å². The van der Waals surface area contributed by atoms with Crippen LogP contribution in [0, 0.1) is 6.92 Å². The van der Waals surface area contributed by atoms with Crippen molar-refractivity contribution < 1.29 is 0 Å². The summed E-state index contributed by atoms with van der Waals surface area (Å²) in [6.45, 7) is 14.7. The number of aliphatic imine (C=N–C) groups is 1. The van der Waals surface area contributed by atoms with Crippen LogP contribution in [0.3, 0.4) is 0 Å². The standard InChI is InChI=1S/C21H34N4.HI/c1-16(2)15-25-11-9-20(10-12-25)24-21(22-5)23-14-18(4)19-8-6-7-17(3)13-19;/h6-8,13,18,20H,1,9-12,14-15H2,2-5H3,(H2,22,23,24);1H. The third kappa shape index (κ3) is 7.66. The fourth-order valence-electron chi connectivity index (χ4n) is 3.35. The molecular weight excluding hydrogens is 435 g/mol. The molecule has 146 valence electrons. The first-order valence-electron chi connectivity index (χ1n) is 9.38. The molecule has 1 fully saturated rings. The second kappa shape index (κ2) is 11.6. The van der Waals surface area contributed by atoms with Crippen LogP contribution in [0.4, 0.5) is 0 Å². The number of guanidine groups is 1. The fraction of sp³-hybridized carbons (Fsp3) is 0.571. The topological polar surface area (TPSA) is 39.7 Å². The largest absolute Gasteiger partial charge is 0.356 e. The van der Waals surface area contributed by atoms with Crippen LogP contribution < -0.4 is 10.6 Å². The number of nitrogens with zero attached hydrogens (tertiary/aromatic N) is 2. The number of halogens is 1. The van der Waals surface area contributed by atoms with E-state index in [1.165, 1.54) is 16.7 Å². The Morgan fingerprint density at radius 2 is 2.04 bits per heavy atom. The van der Waals surface area contributed by atoms with E-state index in [1.54, 1.807) is 0 Å². The van der Waals surface area contributed by atoms with Gasteiger partial charge in [-0.2, -0.15) is 0 Å². The highest BCUT2D eigenvalue weighted by Crippen LogP contribution is 2.15. The van der Waals surface area contributed by atoms with E-state index < -0.39 is 0 Å². The van der Waals surface area contributed by atoms with E-state index in [0.717, 1.165) is 45.0 Å². The smallest absolute Gasteiger partial charge is 0.191 e. The van der Waals surface area contributed by atoms with Crippen LogP contribution in [0.5, 0.6) is 0 Å². The van der Waals surface area contributed by atoms with Gasteiger partial charge in [-0.15, -0.1) is 24.0 Å². The third-order valence-electron chi connectivity index (χ3n) is 4.83. The Labute approximate surface area is 176 Å². The number of nitrogens with one attached hydrogen (secondary N) is 2. The van der Waals surface area contributed by atoms with E-state index in [0.29, 0.717) is 12.0 Å². The molecule has 1 aromatic rings. The first-order valence-corrected chi connectivity index (χ1v) is 9.38. The van der Waals surface area contributed by atoms with Crippen LogP contribution in [0.25, 0.3) is 0 Å². The monoisotopic (exact) mass is 470 g/mol. The van der Waals surface area contributed by atoms with Crippen LogP contribution >= 0.6 is 24.0 Å². The van der Waals surface area contributed by atoms with Gasteiger partial charge in [0.15, 0.2) is 5.96 Å². The van der Waals surface area contributed by atoms with E-state index in [4.69, 9.17) is 0 Å². The lowest BCUT2D eigenvalue weighted by molar-refractivity contribution is 0.221. The second-order valence-electron chi connectivity index (χ2n) is 7.42. The highest BCUT2D eigenvalue weighted by molar-refractivity contribution is 14.0. The summed E-state index contributed by atoms with van der Waals surface area (Å²) in [5.74, 6) is 1.37. The van der Waals surface area contributed by atoms with Crippen LogP contribution in [0.15, 0.2) is 41.4 Å². The second-order valence-corrected chi connectivity index (χ2v) is 7.42. The van der Waals surface area contributed by atoms with Gasteiger partial charge in [0, 0.05) is 39.3 Å². The zero-order valence-corrected chi connectivity index (χ0v) is 19.0. The minimum atomic E-state index is 0. The van der Waals surface area contributed by atoms with Crippen LogP contribution in [-0.4, -0.2) is 50.1 Å². The number of benzene rings is 1. The average Bonchev–Trinajstić information content (AvgIpc) is 2.59. The zero-order chi connectivity index (χ0) is 18.2. The van der Waals surface area contributed by atoms with Gasteiger partial charge in [0.25, 0.3) is 0 Å². The van der Waals surface area contributed by atoms with Gasteiger partial charge in [-0.25, -0.2) is 0 Å². The molecule has 1 atom stereocenters. The van der Waals surface area contributed by atoms with Gasteiger partial charge in [-0.05, 0) is 38.2 Å². The molecule has 1 saturated heterocycles. The zero-order valence-electron chi connectivity index (χ0n) is 16.7. The van der Waals surface area contributed by atoms with E-state index in [9.17, 15) is 0 Å². The van der Waals surface area contributed by atoms with Crippen LogP contribution in [0.1, 0.15) is 43.7 Å². The summed E-state index contributed by atoms with van der Waals surface area (Å²) in [5.41, 5.74) is 3.93. The highest BCUT2D eigenvalue weighted by atomic mass is 127. The quantitative estimate of drug-likeness (QED) is 0.287. The maximum absolute atomic E-state index is 4.40. The fourth-order valence-corrected chi connectivity index (χ4v) is 3.35. The van der Waals surface area contributed by atoms with Gasteiger partial charge < -0.3 is 10.6 Å². The molecule has 1 unspecified atom stereocenters. The molecule has 0 aliphatic carbocycles. The normalized spacial score (nSPS) is 17.3. The van der Waals surface area contributed by atoms with Crippen molar-refractivity contribution in [3.05, 3.63) is 47.5 Å². The maximum atomic E-state index is 4.40. The van der Waals surface area contributed by atoms with Crippen molar-refractivity contribution in [2.45, 2.75) is 45.6 Å². The van der Waals surface area contributed by atoms with Gasteiger partial charge in [-0.1, -0.05) is 48.9 Å². The molecule has 0 bridgehead atoms. The summed E-state index contributed by atoms with van der Waals surface area (Å²) >= 11 is 0. The highest BCUT2D eigenvalue weighted by Gasteiger charge is 2.20. The van der Waals surface area contributed by atoms with Crippen molar-refractivity contribution in [3.8, 4) is 0 Å². The number of aryl methyl sites for hydroxylation is 1. The molecule has 5 heteroatoms. The molecule has 0 saturated carbocycles. The van der Waals surface area contributed by atoms with Gasteiger partial charge in [0.05, 0.1) is 0 Å². The Hall–Kier alpha value is -1.08. The molecule has 0 aromatic heterocycles. The Kier molecular flexibility index (Phi) is 10.2. The van der Waals surface area contributed by atoms with Crippen molar-refractivity contribution in [3.63, 3.8) is 0 Å². The summed E-state index contributed by atoms with van der Waals surface area (Å²) in [6, 6.07) is 9.24. The Morgan fingerprint density at radius 1 is 1.35 bits per heavy atom. The molecule has 4 nitrogen and oxygen atoms in total. The van der Waals surface area contributed by atoms with Crippen molar-refractivity contribution in [2.75, 3.05) is 33.2 Å². The summed E-state index contributed by atoms with van der Waals surface area (Å²) in [6.07, 6.45) is 2.31. The van der Waals surface area contributed by atoms with Gasteiger partial charge >= 0.3 is 0 Å². The summed E-state index contributed by atoms with van der Waals surface area (Å²) in [5, 5.41) is 7.08. The molecule has 2 rings (SSSR count). The van der Waals surface area contributed by atoms with Crippen LogP contribution in [-0.2, 0) is 0 Å². The maximum Gasteiger partial charge on any atom is 0.191 e. The molecule has 26 heavy (non-hydrogen) atoms. The number of hydrogen-bond donors (Lipinski definition) is 2. The lowest BCUT2D eigenvalue weighted by Crippen LogP contribution is -2.49. The molecule has 0 radical (unpaired) electrons. The molecule has 2 N–H and O–H groups in total. The van der Waals surface area contributed by atoms with E-state index in [1.807, 2.05) is 7.05 Å². The Morgan fingerprint density at radius 3 is 2.62 bits per heavy atom. The summed E-state index contributed by atoms with van der Waals surface area (Å²) < 4.78 is 0. The lowest BCUT2D eigenvalue weighted by Gasteiger charge is -2.33. The van der Waals surface area contributed by atoms with E-state index in [2.05, 4.69) is 72.1 Å². The summed E-state index contributed by atoms with van der Waals surface area (Å²) in [7, 11) is 1.85. The molecule has 1 aliphatic rings. The van der Waals surface area contributed by atoms with Crippen molar-refractivity contribution in [2.24, 2.45) is 4.99 Å². The minimum Gasteiger partial charge on any atom is -0.356 e. The predicted octanol–water partition coefficient (Wildman–Crippen LogP) is 3.92. The van der Waals surface area contributed by atoms with Gasteiger partial charge in [0.2, 0.25) is 0 Å². The van der Waals surface area contributed by atoms with E-state index >= 15 is 0 Å². The SMILES string of the molecule is C=C(C)CN1CCC(NC(=NC)NCC(C)c2cccc(C)c2)CC1.I. The number of piperidine rings is 1. The first-order chi connectivity index (χ1) is 12.0. The third-order valence-corrected chi connectivity index (χ3v) is 4.83. The molecule has 0 amide bonds. The predicted molar refractivity (Wildman–Crippen MR) is 124 cm³/mol. The molecule has 1 aliphatic heterocycles. The number of likely N-dealkylation sites (tertiary alicyclic amines) is 1. The Balaban J connectivity index is 0.00000338. The van der Waals surface area contributed by atoms with Gasteiger partial charge in [-0.3, -0.25) is 9.89 Å². The number of rotatable bonds is 6. The average molecular weight is 470 g/mol. The summed E-state index contributed by atoms with van der Waals surface area (Å²) in [4.78, 5) is 6.88. The van der Waals surface area contributed by atoms with Crippen molar-refractivity contribution >= 4 is 29.9 Å². The first kappa shape index (κ1) is 23.0. The molecule has 1 heterocycles. The van der Waals surface area contributed by atoms with Crippen molar-refractivity contribution in [1.82, 2.24) is 15.5 Å². The van der Waals surface area contributed by atoms with E-state index in [-0.39, 0.29) is 24.0 Å². The number of hydrogen-bond acceptors (Lipinski definition) is 2. The molecule has 0 spiro atoms. The lowest BCUT2D eigenvalue weighted by atomic mass is 9.99. The Bertz CT molecular complexity index is 591. The van der Waals surface area contributed by atoms with Crippen molar-refractivity contribution in [1.29, 1.82) is 0 Å². The molecule has 1 aromatic carbocycles. The minimum absolute atomic E-state index is 0. The van der Waals surface area contributed by atoms with Gasteiger partial charge in [0.1, 0.15) is 0 Å².